The molecular weight excluding hydrogens is 775 g/mol. The Kier molecular flexibility index (Phi) is 13.6. The first-order chi connectivity index (χ1) is 28.6. The van der Waals surface area contributed by atoms with Crippen LogP contribution in [0.15, 0.2) is 109 Å². The Hall–Kier alpha value is -8.52. The molecule has 17 heteroatoms. The summed E-state index contributed by atoms with van der Waals surface area (Å²) >= 11 is 0. The maximum absolute atomic E-state index is 13.3. The van der Waals surface area contributed by atoms with Gasteiger partial charge in [0.2, 0.25) is 11.8 Å². The summed E-state index contributed by atoms with van der Waals surface area (Å²) < 4.78 is 5.76. The summed E-state index contributed by atoms with van der Waals surface area (Å²) in [6.07, 6.45) is -1.04. The van der Waals surface area contributed by atoms with Crippen LogP contribution < -0.4 is 37.1 Å². The number of nitriles is 1. The standard InChI is InChI=1S/C43H37N7O10/c1-23(2)60-37-33(19-18-32(36(37)52)41(56)46-29-16-12-27(13-17-29)43(58)59)49-39(54)26-10-14-30(15-11-26)47-42(57)34(21-35(45)51)50-40(55)28-4-3-5-31(20-28)48-38(53)25-8-6-24(22-44)7-9-25/h3-20,23,34,52H,21H2,1-2H3,(H2,45,51)(H,46,56)(H,47,57)(H,48,53)(H,49,54)(H,50,55)(H,58,59). The Morgan fingerprint density at radius 2 is 1.23 bits per heavy atom. The van der Waals surface area contributed by atoms with Gasteiger partial charge < -0.3 is 47.3 Å². The number of phenols is 1. The molecule has 5 aromatic rings. The molecule has 1 atom stereocenters. The number of ether oxygens (including phenoxy) is 1. The molecule has 0 bridgehead atoms. The zero-order chi connectivity index (χ0) is 43.5. The molecular formula is C43H37N7O10. The van der Waals surface area contributed by atoms with E-state index >= 15 is 0 Å². The number of carboxylic acid groups (broad SMARTS) is 1. The smallest absolute Gasteiger partial charge is 0.335 e. The second-order valence-electron chi connectivity index (χ2n) is 13.3. The zero-order valence-corrected chi connectivity index (χ0v) is 31.9. The molecule has 0 saturated carbocycles. The molecule has 0 spiro atoms. The van der Waals surface area contributed by atoms with Crippen LogP contribution in [-0.2, 0) is 9.59 Å². The third-order valence-corrected chi connectivity index (χ3v) is 8.47. The van der Waals surface area contributed by atoms with E-state index in [9.17, 15) is 38.7 Å². The lowest BCUT2D eigenvalue weighted by molar-refractivity contribution is -0.123. The molecule has 5 rings (SSSR count). The first-order valence-electron chi connectivity index (χ1n) is 18.0. The lowest BCUT2D eigenvalue weighted by Gasteiger charge is -2.19. The van der Waals surface area contributed by atoms with Crippen molar-refractivity contribution in [1.29, 1.82) is 5.26 Å². The maximum Gasteiger partial charge on any atom is 0.335 e. The van der Waals surface area contributed by atoms with Crippen LogP contribution in [0.4, 0.5) is 22.7 Å². The van der Waals surface area contributed by atoms with Crippen LogP contribution >= 0.6 is 0 Å². The highest BCUT2D eigenvalue weighted by atomic mass is 16.5. The number of rotatable bonds is 15. The summed E-state index contributed by atoms with van der Waals surface area (Å²) in [6, 6.07) is 25.9. The number of hydrogen-bond donors (Lipinski definition) is 8. The number of nitrogens with one attached hydrogen (secondary N) is 5. The first-order valence-corrected chi connectivity index (χ1v) is 18.0. The van der Waals surface area contributed by atoms with Crippen molar-refractivity contribution in [3.05, 3.63) is 143 Å². The van der Waals surface area contributed by atoms with Gasteiger partial charge >= 0.3 is 5.97 Å². The second kappa shape index (κ2) is 19.1. The topological polar surface area (TPSA) is 279 Å². The third kappa shape index (κ3) is 11.1. The van der Waals surface area contributed by atoms with Crippen LogP contribution in [0.25, 0.3) is 0 Å². The molecule has 6 amide bonds. The molecule has 1 unspecified atom stereocenters. The van der Waals surface area contributed by atoms with Gasteiger partial charge in [-0.25, -0.2) is 4.79 Å². The largest absolute Gasteiger partial charge is 0.504 e. The lowest BCUT2D eigenvalue weighted by Crippen LogP contribution is -2.46. The van der Waals surface area contributed by atoms with E-state index in [1.165, 1.54) is 103 Å². The number of amides is 6. The molecule has 0 radical (unpaired) electrons. The Bertz CT molecular complexity index is 2510. The van der Waals surface area contributed by atoms with E-state index in [0.29, 0.717) is 5.56 Å². The summed E-state index contributed by atoms with van der Waals surface area (Å²) in [5.74, 6) is -6.16. The molecule has 17 nitrogen and oxygen atoms in total. The van der Waals surface area contributed by atoms with Crippen LogP contribution in [0.3, 0.4) is 0 Å². The molecule has 304 valence electrons. The fourth-order valence-corrected chi connectivity index (χ4v) is 5.52. The number of aromatic carboxylic acids is 1. The van der Waals surface area contributed by atoms with Crippen molar-refractivity contribution in [2.45, 2.75) is 32.4 Å². The van der Waals surface area contributed by atoms with Crippen molar-refractivity contribution >= 4 is 64.2 Å². The van der Waals surface area contributed by atoms with Crippen molar-refractivity contribution in [3.8, 4) is 17.6 Å². The Balaban J connectivity index is 1.23. The molecule has 0 aliphatic heterocycles. The minimum atomic E-state index is -1.41. The molecule has 0 aromatic heterocycles. The van der Waals surface area contributed by atoms with Crippen molar-refractivity contribution in [1.82, 2.24) is 5.32 Å². The van der Waals surface area contributed by atoms with E-state index in [0.717, 1.165) is 0 Å². The average molecular weight is 812 g/mol. The number of phenolic OH excluding ortho intramolecular Hbond substituents is 1. The van der Waals surface area contributed by atoms with Crippen LogP contribution in [-0.4, -0.2) is 63.8 Å². The predicted molar refractivity (Wildman–Crippen MR) is 219 cm³/mol. The van der Waals surface area contributed by atoms with Gasteiger partial charge in [-0.1, -0.05) is 6.07 Å². The van der Waals surface area contributed by atoms with Gasteiger partial charge in [0, 0.05) is 33.8 Å². The van der Waals surface area contributed by atoms with Gasteiger partial charge in [-0.15, -0.1) is 0 Å². The van der Waals surface area contributed by atoms with Crippen LogP contribution in [0.5, 0.6) is 11.5 Å². The number of aromatic hydroxyl groups is 1. The minimum Gasteiger partial charge on any atom is -0.504 e. The number of carbonyl (C=O) groups excluding carboxylic acids is 6. The highest BCUT2D eigenvalue weighted by Gasteiger charge is 2.25. The highest BCUT2D eigenvalue weighted by Crippen LogP contribution is 2.39. The molecule has 0 aliphatic carbocycles. The van der Waals surface area contributed by atoms with E-state index in [-0.39, 0.29) is 56.3 Å². The second-order valence-corrected chi connectivity index (χ2v) is 13.3. The fourth-order valence-electron chi connectivity index (χ4n) is 5.52. The van der Waals surface area contributed by atoms with Crippen molar-refractivity contribution in [2.75, 3.05) is 21.3 Å². The Morgan fingerprint density at radius 3 is 1.82 bits per heavy atom. The van der Waals surface area contributed by atoms with Gasteiger partial charge in [0.15, 0.2) is 11.5 Å². The summed E-state index contributed by atoms with van der Waals surface area (Å²) in [7, 11) is 0. The first kappa shape index (κ1) is 42.6. The number of hydrogen-bond acceptors (Lipinski definition) is 10. The van der Waals surface area contributed by atoms with E-state index < -0.39 is 65.7 Å². The number of carboxylic acids is 1. The van der Waals surface area contributed by atoms with Crippen LogP contribution in [0.1, 0.15) is 77.6 Å². The third-order valence-electron chi connectivity index (χ3n) is 8.47. The van der Waals surface area contributed by atoms with E-state index in [1.54, 1.807) is 19.9 Å². The quantitative estimate of drug-likeness (QED) is 0.0687. The zero-order valence-electron chi connectivity index (χ0n) is 31.9. The Labute approximate surface area is 342 Å². The van der Waals surface area contributed by atoms with Gasteiger partial charge in [-0.05, 0) is 117 Å². The molecule has 9 N–H and O–H groups in total. The Morgan fingerprint density at radius 1 is 0.667 bits per heavy atom. The number of carbonyl (C=O) groups is 7. The van der Waals surface area contributed by atoms with Gasteiger partial charge in [0.25, 0.3) is 23.6 Å². The predicted octanol–water partition coefficient (Wildman–Crippen LogP) is 5.12. The maximum atomic E-state index is 13.3. The van der Waals surface area contributed by atoms with Crippen LogP contribution in [0.2, 0.25) is 0 Å². The minimum absolute atomic E-state index is 0.0188. The number of anilines is 4. The normalized spacial score (nSPS) is 11.0. The highest BCUT2D eigenvalue weighted by molar-refractivity contribution is 6.10. The van der Waals surface area contributed by atoms with Crippen molar-refractivity contribution in [3.63, 3.8) is 0 Å². The van der Waals surface area contributed by atoms with Gasteiger partial charge in [-0.3, -0.25) is 28.8 Å². The van der Waals surface area contributed by atoms with Crippen molar-refractivity contribution in [2.24, 2.45) is 5.73 Å². The molecule has 60 heavy (non-hydrogen) atoms. The van der Waals surface area contributed by atoms with Crippen LogP contribution in [0, 0.1) is 11.3 Å². The molecule has 0 aliphatic rings. The number of primary amides is 1. The van der Waals surface area contributed by atoms with Gasteiger partial charge in [0.05, 0.1) is 41.0 Å². The number of nitrogens with two attached hydrogens (primary N) is 1. The summed E-state index contributed by atoms with van der Waals surface area (Å²) in [4.78, 5) is 88.6. The monoisotopic (exact) mass is 811 g/mol. The lowest BCUT2D eigenvalue weighted by atomic mass is 10.1. The van der Waals surface area contributed by atoms with E-state index in [1.807, 2.05) is 6.07 Å². The van der Waals surface area contributed by atoms with Gasteiger partial charge in [0.1, 0.15) is 6.04 Å². The van der Waals surface area contributed by atoms with E-state index in [4.69, 9.17) is 20.8 Å². The number of benzene rings is 5. The van der Waals surface area contributed by atoms with Crippen molar-refractivity contribution < 1.29 is 48.5 Å². The molecule has 5 aromatic carbocycles. The summed E-state index contributed by atoms with van der Waals surface area (Å²) in [5, 5.41) is 42.1. The molecule has 0 saturated heterocycles. The molecule has 0 fully saturated rings. The number of nitrogens with zero attached hydrogens (tertiary/aromatic N) is 1. The fraction of sp³-hybridized carbons (Fsp3) is 0.116. The summed E-state index contributed by atoms with van der Waals surface area (Å²) in [5.41, 5.74) is 6.82. The SMILES string of the molecule is CC(C)Oc1c(NC(=O)c2ccc(NC(=O)C(CC(N)=O)NC(=O)c3cccc(NC(=O)c4ccc(C#N)cc4)c3)cc2)ccc(C(=O)Nc2ccc(C(=O)O)cc2)c1O. The van der Waals surface area contributed by atoms with E-state index in [2.05, 4.69) is 26.6 Å². The average Bonchev–Trinajstić information content (AvgIpc) is 3.22. The summed E-state index contributed by atoms with van der Waals surface area (Å²) in [6.45, 7) is 3.35. The van der Waals surface area contributed by atoms with Gasteiger partial charge in [-0.2, -0.15) is 5.26 Å². The molecule has 0 heterocycles.